The Kier molecular flexibility index (Phi) is 7.21. The topological polar surface area (TPSA) is 29.5 Å². The maximum absolute atomic E-state index is 10.1. The third-order valence-corrected chi connectivity index (χ3v) is 9.97. The van der Waals surface area contributed by atoms with E-state index in [1.165, 1.54) is 16.4 Å². The Bertz CT molecular complexity index is 717. The van der Waals surface area contributed by atoms with Crippen LogP contribution in [0.2, 0.25) is 5.04 Å². The fourth-order valence-corrected chi connectivity index (χ4v) is 8.31. The second kappa shape index (κ2) is 9.19. The summed E-state index contributed by atoms with van der Waals surface area (Å²) in [5.74, 6) is 2.73. The lowest BCUT2D eigenvalue weighted by Gasteiger charge is -2.45. The third kappa shape index (κ3) is 4.78. The highest BCUT2D eigenvalue weighted by Gasteiger charge is 2.51. The monoisotopic (exact) mass is 378 g/mol. The van der Waals surface area contributed by atoms with Gasteiger partial charge in [-0.3, -0.25) is 0 Å². The van der Waals surface area contributed by atoms with Crippen molar-refractivity contribution in [2.24, 2.45) is 0 Å². The fourth-order valence-electron chi connectivity index (χ4n) is 3.61. The van der Waals surface area contributed by atoms with Crippen LogP contribution in [-0.4, -0.2) is 25.6 Å². The SMILES string of the molecule is C#CC[C@H](C[C@@H](O)C=C)O[Si](c1ccccc1)(c1ccccc1)C(C)(C)C. The molecule has 0 fully saturated rings. The van der Waals surface area contributed by atoms with E-state index < -0.39 is 14.4 Å². The molecule has 2 rings (SSSR count). The first-order valence-corrected chi connectivity index (χ1v) is 11.3. The first-order chi connectivity index (χ1) is 12.8. The summed E-state index contributed by atoms with van der Waals surface area (Å²) in [7, 11) is -2.67. The van der Waals surface area contributed by atoms with Gasteiger partial charge < -0.3 is 9.53 Å². The Hall–Kier alpha value is -2.12. The van der Waals surface area contributed by atoms with Crippen LogP contribution in [0.15, 0.2) is 73.3 Å². The highest BCUT2D eigenvalue weighted by atomic mass is 28.4. The molecule has 27 heavy (non-hydrogen) atoms. The average molecular weight is 379 g/mol. The molecule has 2 nitrogen and oxygen atoms in total. The number of aliphatic hydroxyl groups excluding tert-OH is 1. The Morgan fingerprint density at radius 1 is 1.07 bits per heavy atom. The predicted molar refractivity (Wildman–Crippen MR) is 117 cm³/mol. The molecule has 0 heterocycles. The van der Waals surface area contributed by atoms with Gasteiger partial charge in [0, 0.05) is 12.8 Å². The van der Waals surface area contributed by atoms with Crippen molar-refractivity contribution < 1.29 is 9.53 Å². The maximum Gasteiger partial charge on any atom is 0.261 e. The van der Waals surface area contributed by atoms with Crippen molar-refractivity contribution in [1.29, 1.82) is 0 Å². The van der Waals surface area contributed by atoms with Crippen molar-refractivity contribution in [2.45, 2.75) is 50.9 Å². The van der Waals surface area contributed by atoms with Gasteiger partial charge in [0.05, 0.1) is 12.2 Å². The summed E-state index contributed by atoms with van der Waals surface area (Å²) in [6.45, 7) is 10.4. The van der Waals surface area contributed by atoms with Crippen molar-refractivity contribution in [3.63, 3.8) is 0 Å². The van der Waals surface area contributed by atoms with Crippen LogP contribution in [0, 0.1) is 12.3 Å². The summed E-state index contributed by atoms with van der Waals surface area (Å²) >= 11 is 0. The number of rotatable bonds is 8. The van der Waals surface area contributed by atoms with E-state index in [4.69, 9.17) is 10.8 Å². The van der Waals surface area contributed by atoms with Gasteiger partial charge in [-0.2, -0.15) is 0 Å². The summed E-state index contributed by atoms with van der Waals surface area (Å²) in [5, 5.41) is 12.4. The summed E-state index contributed by atoms with van der Waals surface area (Å²) in [6.07, 6.45) is 7.19. The fraction of sp³-hybridized carbons (Fsp3) is 0.333. The highest BCUT2D eigenvalue weighted by Crippen LogP contribution is 2.38. The smallest absolute Gasteiger partial charge is 0.261 e. The van der Waals surface area contributed by atoms with Gasteiger partial charge in [-0.05, 0) is 15.4 Å². The molecule has 142 valence electrons. The minimum Gasteiger partial charge on any atom is -0.403 e. The molecule has 0 radical (unpaired) electrons. The second-order valence-corrected chi connectivity index (χ2v) is 12.1. The predicted octanol–water partition coefficient (Wildman–Crippen LogP) is 3.89. The lowest BCUT2D eigenvalue weighted by atomic mass is 10.1. The summed E-state index contributed by atoms with van der Waals surface area (Å²) in [6, 6.07) is 20.9. The molecule has 0 amide bonds. The van der Waals surface area contributed by atoms with Crippen LogP contribution in [-0.2, 0) is 4.43 Å². The highest BCUT2D eigenvalue weighted by molar-refractivity contribution is 6.99. The summed E-state index contributed by atoms with van der Waals surface area (Å²) in [4.78, 5) is 0. The van der Waals surface area contributed by atoms with E-state index in [1.807, 2.05) is 12.1 Å². The van der Waals surface area contributed by atoms with Crippen molar-refractivity contribution in [3.05, 3.63) is 73.3 Å². The van der Waals surface area contributed by atoms with Crippen LogP contribution in [0.5, 0.6) is 0 Å². The molecule has 0 aliphatic rings. The molecule has 0 aliphatic carbocycles. The number of benzene rings is 2. The Balaban J connectivity index is 2.64. The largest absolute Gasteiger partial charge is 0.403 e. The molecule has 1 N–H and O–H groups in total. The third-order valence-electron chi connectivity index (χ3n) is 4.88. The first-order valence-electron chi connectivity index (χ1n) is 9.38. The quantitative estimate of drug-likeness (QED) is 0.429. The van der Waals surface area contributed by atoms with Gasteiger partial charge in [-0.15, -0.1) is 18.9 Å². The minimum absolute atomic E-state index is 0.123. The average Bonchev–Trinajstić information content (AvgIpc) is 2.66. The zero-order chi connectivity index (χ0) is 19.9. The molecule has 0 saturated carbocycles. The molecule has 0 unspecified atom stereocenters. The van der Waals surface area contributed by atoms with Crippen molar-refractivity contribution >= 4 is 18.7 Å². The molecule has 2 aromatic rings. The molecular weight excluding hydrogens is 348 g/mol. The van der Waals surface area contributed by atoms with E-state index >= 15 is 0 Å². The maximum atomic E-state index is 10.1. The van der Waals surface area contributed by atoms with Gasteiger partial charge in [0.15, 0.2) is 0 Å². The number of hydrogen-bond donors (Lipinski definition) is 1. The van der Waals surface area contributed by atoms with Crippen molar-refractivity contribution in [2.75, 3.05) is 0 Å². The van der Waals surface area contributed by atoms with Gasteiger partial charge in [0.25, 0.3) is 8.32 Å². The number of terminal acetylenes is 1. The molecule has 0 saturated heterocycles. The zero-order valence-corrected chi connectivity index (χ0v) is 17.6. The molecule has 0 spiro atoms. The van der Waals surface area contributed by atoms with Gasteiger partial charge >= 0.3 is 0 Å². The van der Waals surface area contributed by atoms with Crippen LogP contribution in [0.1, 0.15) is 33.6 Å². The van der Waals surface area contributed by atoms with Crippen molar-refractivity contribution in [3.8, 4) is 12.3 Å². The number of hydrogen-bond acceptors (Lipinski definition) is 2. The second-order valence-electron chi connectivity index (χ2n) is 7.85. The molecule has 2 aromatic carbocycles. The molecular formula is C24H30O2Si. The summed E-state index contributed by atoms with van der Waals surface area (Å²) < 4.78 is 6.98. The molecule has 0 aliphatic heterocycles. The molecule has 2 atom stereocenters. The van der Waals surface area contributed by atoms with Gasteiger partial charge in [-0.25, -0.2) is 0 Å². The molecule has 3 heteroatoms. The lowest BCUT2D eigenvalue weighted by Crippen LogP contribution is -2.67. The minimum atomic E-state index is -2.67. The van der Waals surface area contributed by atoms with E-state index in [9.17, 15) is 5.11 Å². The van der Waals surface area contributed by atoms with E-state index in [1.54, 1.807) is 0 Å². The van der Waals surface area contributed by atoms with E-state index in [-0.39, 0.29) is 11.1 Å². The van der Waals surface area contributed by atoms with E-state index in [0.717, 1.165) is 0 Å². The van der Waals surface area contributed by atoms with Gasteiger partial charge in [-0.1, -0.05) is 87.5 Å². The first kappa shape index (κ1) is 21.2. The molecule has 0 bridgehead atoms. The Morgan fingerprint density at radius 3 is 1.93 bits per heavy atom. The van der Waals surface area contributed by atoms with E-state index in [2.05, 4.69) is 81.8 Å². The molecule has 0 aromatic heterocycles. The van der Waals surface area contributed by atoms with E-state index in [0.29, 0.717) is 12.8 Å². The van der Waals surface area contributed by atoms with Crippen LogP contribution in [0.4, 0.5) is 0 Å². The Morgan fingerprint density at radius 2 is 1.56 bits per heavy atom. The van der Waals surface area contributed by atoms with Crippen LogP contribution >= 0.6 is 0 Å². The van der Waals surface area contributed by atoms with Gasteiger partial charge in [0.1, 0.15) is 0 Å². The van der Waals surface area contributed by atoms with Gasteiger partial charge in [0.2, 0.25) is 0 Å². The lowest BCUT2D eigenvalue weighted by molar-refractivity contribution is 0.117. The normalized spacial score (nSPS) is 14.2. The van der Waals surface area contributed by atoms with Crippen LogP contribution in [0.3, 0.4) is 0 Å². The Labute approximate surface area is 165 Å². The van der Waals surface area contributed by atoms with Crippen molar-refractivity contribution in [1.82, 2.24) is 0 Å². The zero-order valence-electron chi connectivity index (χ0n) is 16.6. The summed E-state index contributed by atoms with van der Waals surface area (Å²) in [5.41, 5.74) is 0. The van der Waals surface area contributed by atoms with Crippen LogP contribution in [0.25, 0.3) is 0 Å². The standard InChI is InChI=1S/C24H30O2Si/c1-6-14-21(19-20(25)7-2)26-27(24(3,4)5,22-15-10-8-11-16-22)23-17-12-9-13-18-23/h1,7-13,15-18,20-21,25H,2,14,19H2,3-5H3/t20-,21+/m0/s1. The van der Waals surface area contributed by atoms with Crippen LogP contribution < -0.4 is 10.4 Å². The number of aliphatic hydroxyl groups is 1.